The van der Waals surface area contributed by atoms with Gasteiger partial charge in [-0.2, -0.15) is 14.7 Å². The van der Waals surface area contributed by atoms with Crippen molar-refractivity contribution < 1.29 is 8.42 Å². The molecule has 0 radical (unpaired) electrons. The maximum Gasteiger partial charge on any atom is 0.246 e. The number of H-pyrrole nitrogens is 1. The van der Waals surface area contributed by atoms with E-state index in [0.717, 1.165) is 0 Å². The molecule has 6 nitrogen and oxygen atoms in total. The van der Waals surface area contributed by atoms with Gasteiger partial charge in [0.1, 0.15) is 4.90 Å². The fraction of sp³-hybridized carbons (Fsp3) is 0.500. The third kappa shape index (κ3) is 2.34. The summed E-state index contributed by atoms with van der Waals surface area (Å²) in [7, 11) is -2.08. The van der Waals surface area contributed by atoms with Crippen LogP contribution < -0.4 is 0 Å². The molecule has 82 valence electrons. The summed E-state index contributed by atoms with van der Waals surface area (Å²) >= 11 is 0. The van der Waals surface area contributed by atoms with Crippen LogP contribution in [0.1, 0.15) is 13.3 Å². The normalized spacial score (nSPS) is 13.7. The van der Waals surface area contributed by atoms with Crippen molar-refractivity contribution in [3.05, 3.63) is 12.4 Å². The van der Waals surface area contributed by atoms with Crippen LogP contribution >= 0.6 is 0 Å². The number of rotatable bonds is 4. The summed E-state index contributed by atoms with van der Waals surface area (Å²) in [6, 6.07) is 1.58. The van der Waals surface area contributed by atoms with Gasteiger partial charge in [-0.15, -0.1) is 0 Å². The van der Waals surface area contributed by atoms with Crippen LogP contribution in [0.2, 0.25) is 0 Å². The van der Waals surface area contributed by atoms with E-state index in [2.05, 4.69) is 10.2 Å². The van der Waals surface area contributed by atoms with Gasteiger partial charge in [-0.1, -0.05) is 0 Å². The molecule has 1 aromatic heterocycles. The number of nitrogens with one attached hydrogen (secondary N) is 1. The van der Waals surface area contributed by atoms with Gasteiger partial charge in [-0.3, -0.25) is 5.10 Å². The average molecular weight is 228 g/mol. The predicted molar refractivity (Wildman–Crippen MR) is 53.2 cm³/mol. The van der Waals surface area contributed by atoms with Crippen LogP contribution in [0.5, 0.6) is 0 Å². The molecule has 0 aliphatic rings. The fourth-order valence-corrected chi connectivity index (χ4v) is 2.31. The Kier molecular flexibility index (Phi) is 3.44. The Labute approximate surface area is 88.6 Å². The van der Waals surface area contributed by atoms with Crippen molar-refractivity contribution in [1.29, 1.82) is 5.26 Å². The van der Waals surface area contributed by atoms with Gasteiger partial charge in [0.2, 0.25) is 10.0 Å². The average Bonchev–Trinajstić information content (AvgIpc) is 2.70. The van der Waals surface area contributed by atoms with Crippen LogP contribution in [0, 0.1) is 11.3 Å². The summed E-state index contributed by atoms with van der Waals surface area (Å²) in [4.78, 5) is 0.106. The standard InChI is InChI=1S/C8H12N4O2S/c1-7(3-4-9)12(2)15(13,14)8-5-10-11-6-8/h5-7H,3H2,1-2H3,(H,10,11). The maximum absolute atomic E-state index is 11.9. The molecule has 1 atom stereocenters. The van der Waals surface area contributed by atoms with E-state index in [1.807, 2.05) is 6.07 Å². The molecule has 0 aliphatic heterocycles. The van der Waals surface area contributed by atoms with Crippen LogP contribution in [0.25, 0.3) is 0 Å². The Morgan fingerprint density at radius 1 is 1.73 bits per heavy atom. The summed E-state index contributed by atoms with van der Waals surface area (Å²) < 4.78 is 24.9. The highest BCUT2D eigenvalue weighted by molar-refractivity contribution is 7.89. The van der Waals surface area contributed by atoms with E-state index in [4.69, 9.17) is 5.26 Å². The van der Waals surface area contributed by atoms with E-state index >= 15 is 0 Å². The zero-order valence-corrected chi connectivity index (χ0v) is 9.32. The third-order valence-corrected chi connectivity index (χ3v) is 4.09. The van der Waals surface area contributed by atoms with Crippen molar-refractivity contribution in [2.45, 2.75) is 24.3 Å². The highest BCUT2D eigenvalue weighted by atomic mass is 32.2. The number of sulfonamides is 1. The van der Waals surface area contributed by atoms with E-state index in [0.29, 0.717) is 0 Å². The Bertz CT molecular complexity index is 445. The number of aromatic nitrogens is 2. The van der Waals surface area contributed by atoms with E-state index in [9.17, 15) is 8.42 Å². The molecule has 0 saturated heterocycles. The molecule has 0 bridgehead atoms. The third-order valence-electron chi connectivity index (χ3n) is 2.16. The minimum atomic E-state index is -3.53. The highest BCUT2D eigenvalue weighted by Gasteiger charge is 2.25. The van der Waals surface area contributed by atoms with Gasteiger partial charge >= 0.3 is 0 Å². The number of nitriles is 1. The first-order valence-corrected chi connectivity index (χ1v) is 5.78. The molecule has 1 aromatic rings. The van der Waals surface area contributed by atoms with Gasteiger partial charge in [0.25, 0.3) is 0 Å². The van der Waals surface area contributed by atoms with Gasteiger partial charge in [0.15, 0.2) is 0 Å². The molecule has 1 rings (SSSR count). The van der Waals surface area contributed by atoms with Gasteiger partial charge in [0, 0.05) is 19.3 Å². The Hall–Kier alpha value is -1.39. The Morgan fingerprint density at radius 3 is 2.87 bits per heavy atom. The van der Waals surface area contributed by atoms with Gasteiger partial charge < -0.3 is 0 Å². The summed E-state index contributed by atoms with van der Waals surface area (Å²) in [5.74, 6) is 0. The summed E-state index contributed by atoms with van der Waals surface area (Å²) in [5, 5.41) is 14.5. The largest absolute Gasteiger partial charge is 0.284 e. The first-order valence-electron chi connectivity index (χ1n) is 4.34. The van der Waals surface area contributed by atoms with E-state index < -0.39 is 10.0 Å². The van der Waals surface area contributed by atoms with Crippen LogP contribution in [-0.2, 0) is 10.0 Å². The molecule has 0 aliphatic carbocycles. The minimum Gasteiger partial charge on any atom is -0.284 e. The summed E-state index contributed by atoms with van der Waals surface area (Å²) in [6.07, 6.45) is 2.71. The highest BCUT2D eigenvalue weighted by Crippen LogP contribution is 2.15. The molecule has 0 aromatic carbocycles. The van der Waals surface area contributed by atoms with Crippen LogP contribution in [-0.4, -0.2) is 36.0 Å². The van der Waals surface area contributed by atoms with Crippen LogP contribution in [0.4, 0.5) is 0 Å². The van der Waals surface area contributed by atoms with Gasteiger partial charge in [-0.05, 0) is 6.92 Å². The molecule has 0 fully saturated rings. The van der Waals surface area contributed by atoms with E-state index in [1.165, 1.54) is 23.7 Å². The second-order valence-electron chi connectivity index (χ2n) is 3.17. The van der Waals surface area contributed by atoms with Crippen LogP contribution in [0.3, 0.4) is 0 Å². The van der Waals surface area contributed by atoms with Crippen molar-refractivity contribution in [3.63, 3.8) is 0 Å². The first-order chi connectivity index (χ1) is 7.00. The van der Waals surface area contributed by atoms with E-state index in [-0.39, 0.29) is 17.4 Å². The second kappa shape index (κ2) is 4.42. The van der Waals surface area contributed by atoms with E-state index in [1.54, 1.807) is 6.92 Å². The molecule has 15 heavy (non-hydrogen) atoms. The molecule has 1 N–H and O–H groups in total. The minimum absolute atomic E-state index is 0.106. The molecule has 0 amide bonds. The zero-order valence-electron chi connectivity index (χ0n) is 8.51. The number of hydrogen-bond acceptors (Lipinski definition) is 4. The summed E-state index contributed by atoms with van der Waals surface area (Å²) in [5.41, 5.74) is 0. The smallest absolute Gasteiger partial charge is 0.246 e. The number of aromatic amines is 1. The fourth-order valence-electron chi connectivity index (χ4n) is 1.04. The van der Waals surface area contributed by atoms with Crippen molar-refractivity contribution in [2.24, 2.45) is 0 Å². The number of hydrogen-bond donors (Lipinski definition) is 1. The Balaban J connectivity index is 2.94. The lowest BCUT2D eigenvalue weighted by Gasteiger charge is -2.21. The molecule has 1 unspecified atom stereocenters. The maximum atomic E-state index is 11.9. The SMILES string of the molecule is CC(CC#N)N(C)S(=O)(=O)c1cn[nH]c1. The van der Waals surface area contributed by atoms with Gasteiger partial charge in [0.05, 0.1) is 18.7 Å². The first kappa shape index (κ1) is 11.7. The molecular formula is C8H12N4O2S. The monoisotopic (exact) mass is 228 g/mol. The predicted octanol–water partition coefficient (Wildman–Crippen LogP) is 0.332. The molecule has 0 spiro atoms. The summed E-state index contributed by atoms with van der Waals surface area (Å²) in [6.45, 7) is 1.68. The topological polar surface area (TPSA) is 89.8 Å². The molecule has 7 heteroatoms. The second-order valence-corrected chi connectivity index (χ2v) is 5.16. The lowest BCUT2D eigenvalue weighted by molar-refractivity contribution is 0.393. The van der Waals surface area contributed by atoms with Crippen molar-refractivity contribution in [2.75, 3.05) is 7.05 Å². The van der Waals surface area contributed by atoms with Crippen molar-refractivity contribution in [3.8, 4) is 6.07 Å². The van der Waals surface area contributed by atoms with Crippen molar-refractivity contribution in [1.82, 2.24) is 14.5 Å². The molecule has 1 heterocycles. The number of nitrogens with zero attached hydrogens (tertiary/aromatic N) is 3. The Morgan fingerprint density at radius 2 is 2.40 bits per heavy atom. The quantitative estimate of drug-likeness (QED) is 0.804. The van der Waals surface area contributed by atoms with Crippen molar-refractivity contribution >= 4 is 10.0 Å². The van der Waals surface area contributed by atoms with Gasteiger partial charge in [-0.25, -0.2) is 8.42 Å². The lowest BCUT2D eigenvalue weighted by atomic mass is 10.3. The lowest BCUT2D eigenvalue weighted by Crippen LogP contribution is -2.34. The zero-order chi connectivity index (χ0) is 11.5. The van der Waals surface area contributed by atoms with Crippen LogP contribution in [0.15, 0.2) is 17.3 Å². The molecular weight excluding hydrogens is 216 g/mol. The molecule has 0 saturated carbocycles.